The SMILES string of the molecule is Cc1ccc(C(=O)NCCc2ccc(C(=O)O)cc2)c(N2CCCCC2)n1. The van der Waals surface area contributed by atoms with Gasteiger partial charge in [-0.2, -0.15) is 0 Å². The minimum atomic E-state index is -0.938. The summed E-state index contributed by atoms with van der Waals surface area (Å²) in [7, 11) is 0. The molecular formula is C21H25N3O3. The van der Waals surface area contributed by atoms with Gasteiger partial charge in [-0.15, -0.1) is 0 Å². The number of nitrogens with zero attached hydrogens (tertiary/aromatic N) is 2. The summed E-state index contributed by atoms with van der Waals surface area (Å²) in [4.78, 5) is 30.4. The maximum absolute atomic E-state index is 12.7. The molecule has 0 bridgehead atoms. The van der Waals surface area contributed by atoms with Gasteiger partial charge in [0, 0.05) is 25.3 Å². The summed E-state index contributed by atoms with van der Waals surface area (Å²) in [5.74, 6) is -0.282. The van der Waals surface area contributed by atoms with E-state index in [0.717, 1.165) is 43.0 Å². The smallest absolute Gasteiger partial charge is 0.335 e. The van der Waals surface area contributed by atoms with Crippen molar-refractivity contribution in [3.05, 3.63) is 58.8 Å². The van der Waals surface area contributed by atoms with Crippen molar-refractivity contribution in [1.82, 2.24) is 10.3 Å². The Morgan fingerprint density at radius 2 is 1.78 bits per heavy atom. The second-order valence-electron chi connectivity index (χ2n) is 6.88. The first-order chi connectivity index (χ1) is 13.0. The Balaban J connectivity index is 1.63. The van der Waals surface area contributed by atoms with E-state index in [1.807, 2.05) is 19.1 Å². The van der Waals surface area contributed by atoms with Gasteiger partial charge >= 0.3 is 5.97 Å². The van der Waals surface area contributed by atoms with Gasteiger partial charge in [0.2, 0.25) is 0 Å². The number of aromatic carboxylic acids is 1. The first-order valence-corrected chi connectivity index (χ1v) is 9.37. The highest BCUT2D eigenvalue weighted by atomic mass is 16.4. The molecule has 2 heterocycles. The molecule has 1 amide bonds. The summed E-state index contributed by atoms with van der Waals surface area (Å²) in [5.41, 5.74) is 2.77. The van der Waals surface area contributed by atoms with E-state index in [2.05, 4.69) is 15.2 Å². The van der Waals surface area contributed by atoms with E-state index >= 15 is 0 Å². The van der Waals surface area contributed by atoms with Gasteiger partial charge < -0.3 is 15.3 Å². The third-order valence-corrected chi connectivity index (χ3v) is 4.81. The molecule has 0 saturated carbocycles. The fourth-order valence-electron chi connectivity index (χ4n) is 3.30. The summed E-state index contributed by atoms with van der Waals surface area (Å²) in [6, 6.07) is 10.4. The molecule has 1 fully saturated rings. The van der Waals surface area contributed by atoms with Crippen LogP contribution in [0.5, 0.6) is 0 Å². The van der Waals surface area contributed by atoms with Crippen LogP contribution in [-0.2, 0) is 6.42 Å². The van der Waals surface area contributed by atoms with Crippen LogP contribution in [0.15, 0.2) is 36.4 Å². The molecular weight excluding hydrogens is 342 g/mol. The molecule has 0 radical (unpaired) electrons. The van der Waals surface area contributed by atoms with E-state index in [-0.39, 0.29) is 11.5 Å². The molecule has 1 aromatic carbocycles. The van der Waals surface area contributed by atoms with Crippen LogP contribution in [0.25, 0.3) is 0 Å². The number of carboxylic acid groups (broad SMARTS) is 1. The summed E-state index contributed by atoms with van der Waals surface area (Å²) in [6.45, 7) is 4.30. The fraction of sp³-hybridized carbons (Fsp3) is 0.381. The lowest BCUT2D eigenvalue weighted by Crippen LogP contribution is -2.34. The number of carboxylic acids is 1. The van der Waals surface area contributed by atoms with Gasteiger partial charge in [-0.1, -0.05) is 12.1 Å². The Morgan fingerprint density at radius 1 is 1.07 bits per heavy atom. The number of carbonyl (C=O) groups excluding carboxylic acids is 1. The molecule has 0 spiro atoms. The van der Waals surface area contributed by atoms with Crippen molar-refractivity contribution >= 4 is 17.7 Å². The van der Waals surface area contributed by atoms with Crippen molar-refractivity contribution in [3.63, 3.8) is 0 Å². The Morgan fingerprint density at radius 3 is 2.44 bits per heavy atom. The molecule has 0 unspecified atom stereocenters. The molecule has 1 saturated heterocycles. The lowest BCUT2D eigenvalue weighted by molar-refractivity contribution is 0.0696. The first-order valence-electron chi connectivity index (χ1n) is 9.37. The Bertz CT molecular complexity index is 812. The van der Waals surface area contributed by atoms with Gasteiger partial charge in [0.15, 0.2) is 0 Å². The second-order valence-corrected chi connectivity index (χ2v) is 6.88. The first kappa shape index (κ1) is 18.9. The normalized spacial score (nSPS) is 14.0. The highest BCUT2D eigenvalue weighted by Crippen LogP contribution is 2.22. The van der Waals surface area contributed by atoms with Crippen molar-refractivity contribution < 1.29 is 14.7 Å². The molecule has 6 heteroatoms. The molecule has 1 aliphatic heterocycles. The van der Waals surface area contributed by atoms with Gasteiger partial charge in [0.1, 0.15) is 5.82 Å². The second kappa shape index (κ2) is 8.66. The standard InChI is InChI=1S/C21H25N3O3/c1-15-5-10-18(19(23-15)24-13-3-2-4-14-24)20(25)22-12-11-16-6-8-17(9-7-16)21(26)27/h5-10H,2-4,11-14H2,1H3,(H,22,25)(H,26,27). The molecule has 6 nitrogen and oxygen atoms in total. The number of rotatable bonds is 6. The van der Waals surface area contributed by atoms with Crippen LogP contribution in [-0.4, -0.2) is 41.6 Å². The summed E-state index contributed by atoms with van der Waals surface area (Å²) in [5, 5.41) is 11.9. The number of aryl methyl sites for hydroxylation is 1. The largest absolute Gasteiger partial charge is 0.478 e. The van der Waals surface area contributed by atoms with Crippen LogP contribution in [0.4, 0.5) is 5.82 Å². The van der Waals surface area contributed by atoms with Crippen molar-refractivity contribution in [2.75, 3.05) is 24.5 Å². The highest BCUT2D eigenvalue weighted by molar-refractivity contribution is 5.99. The van der Waals surface area contributed by atoms with E-state index in [1.165, 1.54) is 6.42 Å². The molecule has 3 rings (SSSR count). The molecule has 1 aromatic heterocycles. The maximum atomic E-state index is 12.7. The molecule has 0 aliphatic carbocycles. The quantitative estimate of drug-likeness (QED) is 0.820. The maximum Gasteiger partial charge on any atom is 0.335 e. The summed E-state index contributed by atoms with van der Waals surface area (Å²) < 4.78 is 0. The van der Waals surface area contributed by atoms with Gasteiger partial charge in [-0.05, 0) is 62.4 Å². The van der Waals surface area contributed by atoms with E-state index in [4.69, 9.17) is 5.11 Å². The highest BCUT2D eigenvalue weighted by Gasteiger charge is 2.20. The summed E-state index contributed by atoms with van der Waals surface area (Å²) in [6.07, 6.45) is 4.13. The van der Waals surface area contributed by atoms with Gasteiger partial charge in [0.05, 0.1) is 11.1 Å². The number of benzene rings is 1. The van der Waals surface area contributed by atoms with Crippen LogP contribution in [0.3, 0.4) is 0 Å². The Labute approximate surface area is 159 Å². The molecule has 1 aliphatic rings. The minimum Gasteiger partial charge on any atom is -0.478 e. The van der Waals surface area contributed by atoms with E-state index in [1.54, 1.807) is 24.3 Å². The third kappa shape index (κ3) is 4.84. The minimum absolute atomic E-state index is 0.120. The van der Waals surface area contributed by atoms with Crippen molar-refractivity contribution in [2.45, 2.75) is 32.6 Å². The molecule has 27 heavy (non-hydrogen) atoms. The average Bonchev–Trinajstić information content (AvgIpc) is 2.69. The van der Waals surface area contributed by atoms with Crippen LogP contribution < -0.4 is 10.2 Å². The zero-order valence-corrected chi connectivity index (χ0v) is 15.6. The van der Waals surface area contributed by atoms with Crippen LogP contribution in [0.1, 0.15) is 51.2 Å². The van der Waals surface area contributed by atoms with Crippen LogP contribution in [0, 0.1) is 6.92 Å². The van der Waals surface area contributed by atoms with E-state index in [9.17, 15) is 9.59 Å². The molecule has 142 valence electrons. The number of hydrogen-bond donors (Lipinski definition) is 2. The molecule has 2 aromatic rings. The van der Waals surface area contributed by atoms with Crippen molar-refractivity contribution in [3.8, 4) is 0 Å². The zero-order chi connectivity index (χ0) is 19.2. The van der Waals surface area contributed by atoms with Crippen LogP contribution in [0.2, 0.25) is 0 Å². The van der Waals surface area contributed by atoms with Gasteiger partial charge in [-0.25, -0.2) is 9.78 Å². The topological polar surface area (TPSA) is 82.5 Å². The fourth-order valence-corrected chi connectivity index (χ4v) is 3.30. The number of carbonyl (C=O) groups is 2. The predicted molar refractivity (Wildman–Crippen MR) is 104 cm³/mol. The van der Waals surface area contributed by atoms with Gasteiger partial charge in [-0.3, -0.25) is 4.79 Å². The van der Waals surface area contributed by atoms with E-state index < -0.39 is 5.97 Å². The number of anilines is 1. The van der Waals surface area contributed by atoms with Gasteiger partial charge in [0.25, 0.3) is 5.91 Å². The zero-order valence-electron chi connectivity index (χ0n) is 15.6. The van der Waals surface area contributed by atoms with Crippen molar-refractivity contribution in [1.29, 1.82) is 0 Å². The van der Waals surface area contributed by atoms with E-state index in [0.29, 0.717) is 18.5 Å². The monoisotopic (exact) mass is 367 g/mol. The predicted octanol–water partition coefficient (Wildman–Crippen LogP) is 3.05. The number of pyridine rings is 1. The molecule has 0 atom stereocenters. The number of nitrogens with one attached hydrogen (secondary N) is 1. The number of amides is 1. The number of piperidine rings is 1. The lowest BCUT2D eigenvalue weighted by Gasteiger charge is -2.29. The lowest BCUT2D eigenvalue weighted by atomic mass is 10.1. The van der Waals surface area contributed by atoms with Crippen molar-refractivity contribution in [2.24, 2.45) is 0 Å². The Hall–Kier alpha value is -2.89. The van der Waals surface area contributed by atoms with Crippen LogP contribution >= 0.6 is 0 Å². The average molecular weight is 367 g/mol. The Kier molecular flexibility index (Phi) is 6.06. The molecule has 2 N–H and O–H groups in total. The summed E-state index contributed by atoms with van der Waals surface area (Å²) >= 11 is 0. The number of aromatic nitrogens is 1. The third-order valence-electron chi connectivity index (χ3n) is 4.81. The number of hydrogen-bond acceptors (Lipinski definition) is 4.